The van der Waals surface area contributed by atoms with Gasteiger partial charge in [0.25, 0.3) is 5.08 Å². The fourth-order valence-corrected chi connectivity index (χ4v) is 4.62. The molecule has 2 atom stereocenters. The Morgan fingerprint density at radius 3 is 2.33 bits per heavy atom. The van der Waals surface area contributed by atoms with Gasteiger partial charge in [-0.2, -0.15) is 0 Å². The van der Waals surface area contributed by atoms with Crippen LogP contribution in [0.4, 0.5) is 4.79 Å². The van der Waals surface area contributed by atoms with E-state index < -0.39 is 32.7 Å². The highest BCUT2D eigenvalue weighted by molar-refractivity contribution is 7.73. The largest absolute Gasteiger partial charge is 0.513 e. The van der Waals surface area contributed by atoms with Crippen LogP contribution in [0.15, 0.2) is 24.3 Å². The fourth-order valence-electron chi connectivity index (χ4n) is 1.76. The Morgan fingerprint density at radius 1 is 1.25 bits per heavy atom. The molecule has 0 bridgehead atoms. The van der Waals surface area contributed by atoms with Crippen LogP contribution in [0.3, 0.4) is 0 Å². The first-order valence-electron chi connectivity index (χ1n) is 6.70. The van der Waals surface area contributed by atoms with Gasteiger partial charge in [-0.25, -0.2) is 4.79 Å². The molecule has 0 radical (unpaired) electrons. The quantitative estimate of drug-likeness (QED) is 0.404. The lowest BCUT2D eigenvalue weighted by Crippen LogP contribution is -2.33. The average molecular weight is 382 g/mol. The molecule has 1 aliphatic rings. The molecular formula is C12H16O10P2. The second-order valence-corrected chi connectivity index (χ2v) is 9.47. The average Bonchev–Trinajstić information content (AvgIpc) is 2.45. The van der Waals surface area contributed by atoms with Crippen molar-refractivity contribution in [3.63, 3.8) is 0 Å². The first-order valence-corrected chi connectivity index (χ1v) is 9.86. The van der Waals surface area contributed by atoms with Gasteiger partial charge in [-0.05, 0) is 19.9 Å². The van der Waals surface area contributed by atoms with Crippen molar-refractivity contribution < 1.29 is 47.3 Å². The molecule has 1 heterocycles. The Kier molecular flexibility index (Phi) is 5.22. The summed E-state index contributed by atoms with van der Waals surface area (Å²) in [4.78, 5) is 31.0. The van der Waals surface area contributed by atoms with Crippen molar-refractivity contribution >= 4 is 21.3 Å². The zero-order chi connectivity index (χ0) is 18.2. The van der Waals surface area contributed by atoms with Crippen molar-refractivity contribution in [1.82, 2.24) is 0 Å². The molecule has 2 rings (SSSR count). The van der Waals surface area contributed by atoms with Crippen LogP contribution in [0.25, 0.3) is 0 Å². The van der Waals surface area contributed by atoms with Gasteiger partial charge in [0.2, 0.25) is 6.29 Å². The molecule has 2 unspecified atom stereocenters. The van der Waals surface area contributed by atoms with Crippen molar-refractivity contribution in [2.45, 2.75) is 25.2 Å². The Hall–Kier alpha value is -1.25. The number of carbonyl (C=O) groups excluding carboxylic acids is 1. The van der Waals surface area contributed by atoms with Crippen molar-refractivity contribution in [2.75, 3.05) is 6.61 Å². The summed E-state index contributed by atoms with van der Waals surface area (Å²) in [6, 6.07) is 5.53. The molecule has 12 heteroatoms. The Balaban J connectivity index is 2.38. The van der Waals surface area contributed by atoms with Crippen LogP contribution in [-0.4, -0.2) is 32.7 Å². The van der Waals surface area contributed by atoms with Gasteiger partial charge >= 0.3 is 21.3 Å². The molecule has 10 nitrogen and oxygen atoms in total. The molecule has 134 valence electrons. The summed E-state index contributed by atoms with van der Waals surface area (Å²) in [6.07, 6.45) is -2.87. The van der Waals surface area contributed by atoms with Crippen LogP contribution in [0.2, 0.25) is 0 Å². The number of para-hydroxylation sites is 1. The lowest BCUT2D eigenvalue weighted by atomic mass is 10.2. The third kappa shape index (κ3) is 3.41. The highest BCUT2D eigenvalue weighted by atomic mass is 31.2. The summed E-state index contributed by atoms with van der Waals surface area (Å²) in [5.41, 5.74) is -0.107. The predicted molar refractivity (Wildman–Crippen MR) is 79.3 cm³/mol. The van der Waals surface area contributed by atoms with Gasteiger partial charge in [0.15, 0.2) is 0 Å². The lowest BCUT2D eigenvalue weighted by Gasteiger charge is -2.39. The normalized spacial score (nSPS) is 36.1. The third-order valence-corrected chi connectivity index (χ3v) is 7.79. The van der Waals surface area contributed by atoms with E-state index in [0.717, 1.165) is 0 Å². The molecule has 0 saturated carbocycles. The minimum Gasteiger partial charge on any atom is -0.434 e. The van der Waals surface area contributed by atoms with Crippen LogP contribution >= 0.6 is 15.2 Å². The summed E-state index contributed by atoms with van der Waals surface area (Å²) in [6.45, 7) is 2.27. The molecule has 3 N–H and O–H groups in total. The molecular weight excluding hydrogens is 366 g/mol. The first-order chi connectivity index (χ1) is 11.0. The second-order valence-electron chi connectivity index (χ2n) is 4.88. The maximum Gasteiger partial charge on any atom is 0.513 e. The number of carbonyl (C=O) groups is 1. The van der Waals surface area contributed by atoms with Crippen molar-refractivity contribution in [3.8, 4) is 5.75 Å². The van der Waals surface area contributed by atoms with E-state index in [0.29, 0.717) is 6.92 Å². The van der Waals surface area contributed by atoms with Gasteiger partial charge in [0.1, 0.15) is 5.75 Å². The van der Waals surface area contributed by atoms with E-state index in [-0.39, 0.29) is 17.9 Å². The molecule has 0 aromatic heterocycles. The summed E-state index contributed by atoms with van der Waals surface area (Å²) in [7, 11) is -9.91. The predicted octanol–water partition coefficient (Wildman–Crippen LogP) is 2.30. The van der Waals surface area contributed by atoms with Gasteiger partial charge in [-0.1, -0.05) is 18.2 Å². The van der Waals surface area contributed by atoms with Crippen LogP contribution in [0.1, 0.15) is 25.7 Å². The summed E-state index contributed by atoms with van der Waals surface area (Å²) >= 11 is 0. The molecule has 0 amide bonds. The molecule has 0 spiro atoms. The van der Waals surface area contributed by atoms with Gasteiger partial charge < -0.3 is 24.4 Å². The third-order valence-electron chi connectivity index (χ3n) is 3.18. The topological polar surface area (TPSA) is 149 Å². The smallest absolute Gasteiger partial charge is 0.434 e. The maximum atomic E-state index is 12.1. The van der Waals surface area contributed by atoms with Crippen molar-refractivity contribution in [3.05, 3.63) is 29.8 Å². The molecule has 1 saturated heterocycles. The molecule has 0 aliphatic carbocycles. The minimum atomic E-state index is -4.95. The SMILES string of the molecule is CCOC(=O)Oc1ccccc1C1OP(=O)(O)C(C)(O)P(=O)(O)O1. The van der Waals surface area contributed by atoms with Crippen molar-refractivity contribution in [2.24, 2.45) is 0 Å². The Morgan fingerprint density at radius 2 is 1.79 bits per heavy atom. The number of aliphatic hydroxyl groups is 1. The van der Waals surface area contributed by atoms with Crippen LogP contribution < -0.4 is 4.74 Å². The number of hydrogen-bond donors (Lipinski definition) is 3. The molecule has 1 aliphatic heterocycles. The fraction of sp³-hybridized carbons (Fsp3) is 0.417. The zero-order valence-electron chi connectivity index (χ0n) is 12.7. The molecule has 1 aromatic carbocycles. The second kappa shape index (κ2) is 6.57. The molecule has 1 aromatic rings. The Labute approximate surface area is 137 Å². The van der Waals surface area contributed by atoms with E-state index in [9.17, 15) is 28.8 Å². The highest BCUT2D eigenvalue weighted by Gasteiger charge is 2.64. The molecule has 1 fully saturated rings. The van der Waals surface area contributed by atoms with Gasteiger partial charge in [-0.3, -0.25) is 18.2 Å². The monoisotopic (exact) mass is 382 g/mol. The van der Waals surface area contributed by atoms with Crippen molar-refractivity contribution in [1.29, 1.82) is 0 Å². The maximum absolute atomic E-state index is 12.1. The minimum absolute atomic E-state index is 0.0536. The van der Waals surface area contributed by atoms with Crippen LogP contribution in [0.5, 0.6) is 5.75 Å². The van der Waals surface area contributed by atoms with Gasteiger partial charge in [-0.15, -0.1) is 0 Å². The summed E-state index contributed by atoms with van der Waals surface area (Å²) in [5, 5.41) is 6.81. The Bertz CT molecular complexity index is 702. The van der Waals surface area contributed by atoms with E-state index >= 15 is 0 Å². The number of hydrogen-bond acceptors (Lipinski definition) is 8. The number of rotatable bonds is 3. The van der Waals surface area contributed by atoms with E-state index in [4.69, 9.17) is 13.8 Å². The lowest BCUT2D eigenvalue weighted by molar-refractivity contribution is -0.0557. The van der Waals surface area contributed by atoms with E-state index in [1.54, 1.807) is 6.92 Å². The van der Waals surface area contributed by atoms with Gasteiger partial charge in [0, 0.05) is 0 Å². The molecule has 24 heavy (non-hydrogen) atoms. The summed E-state index contributed by atoms with van der Waals surface area (Å²) < 4.78 is 43.2. The number of benzene rings is 1. The summed E-state index contributed by atoms with van der Waals surface area (Å²) in [5.74, 6) is -0.164. The standard InChI is InChI=1S/C12H16O10P2/c1-3-19-11(13)20-9-7-5-4-6-8(9)10-21-23(15,16)12(2,14)24(17,18)22-10/h4-7,10,14H,3H2,1-2H3,(H,15,16)(H,17,18). The van der Waals surface area contributed by atoms with E-state index in [1.807, 2.05) is 0 Å². The van der Waals surface area contributed by atoms with E-state index in [2.05, 4.69) is 4.74 Å². The highest BCUT2D eigenvalue weighted by Crippen LogP contribution is 2.78. The van der Waals surface area contributed by atoms with Crippen LogP contribution in [-0.2, 0) is 22.9 Å². The first kappa shape index (κ1) is 19.1. The van der Waals surface area contributed by atoms with E-state index in [1.165, 1.54) is 24.3 Å². The number of ether oxygens (including phenoxy) is 2. The van der Waals surface area contributed by atoms with Crippen LogP contribution in [0, 0.1) is 0 Å². The van der Waals surface area contributed by atoms with Gasteiger partial charge in [0.05, 0.1) is 12.2 Å². The zero-order valence-corrected chi connectivity index (χ0v) is 14.5.